The van der Waals surface area contributed by atoms with E-state index in [1.807, 2.05) is 72.4 Å². The fourth-order valence-electron chi connectivity index (χ4n) is 9.25. The minimum atomic E-state index is -0.528. The van der Waals surface area contributed by atoms with E-state index in [1.165, 1.54) is 65.1 Å². The van der Waals surface area contributed by atoms with E-state index >= 15 is 0 Å². The van der Waals surface area contributed by atoms with Crippen LogP contribution in [0.15, 0.2) is 204 Å². The number of para-hydroxylation sites is 3. The van der Waals surface area contributed by atoms with E-state index < -0.39 is 5.41 Å². The zero-order chi connectivity index (χ0) is 37.5. The van der Waals surface area contributed by atoms with Crippen LogP contribution in [-0.4, -0.2) is 19.5 Å². The highest BCUT2D eigenvalue weighted by molar-refractivity contribution is 7.99. The normalized spacial score (nSPS) is 15.0. The summed E-state index contributed by atoms with van der Waals surface area (Å²) in [5, 5.41) is 2.56. The van der Waals surface area contributed by atoms with Gasteiger partial charge in [-0.3, -0.25) is 0 Å². The van der Waals surface area contributed by atoms with Crippen molar-refractivity contribution in [2.24, 2.45) is 0 Å². The molecule has 10 aromatic rings. The highest BCUT2D eigenvalue weighted by Gasteiger charge is 2.49. The van der Waals surface area contributed by atoms with Crippen LogP contribution in [0.3, 0.4) is 0 Å². The first kappa shape index (κ1) is 32.2. The number of rotatable bonds is 4. The van der Waals surface area contributed by atoms with Crippen molar-refractivity contribution in [3.8, 4) is 51.0 Å². The minimum Gasteiger partial charge on any atom is -0.309 e. The standard InChI is InChI=1S/C52H32N4S/c1-3-14-34(15-4-1)49-53-50(35-16-5-2-6-17-35)55-51(54-49)36-28-26-33(27-29-36)37-30-31-47-43(32-37)52(41-21-9-12-25-46(41)57-47)40-20-8-11-24-45(40)56-44-23-10-7-18-38(44)39-19-13-22-42(52)48(39)56/h1-32H. The molecule has 0 amide bonds. The van der Waals surface area contributed by atoms with Gasteiger partial charge in [-0.2, -0.15) is 0 Å². The molecule has 2 aromatic heterocycles. The van der Waals surface area contributed by atoms with Crippen LogP contribution in [-0.2, 0) is 5.41 Å². The summed E-state index contributed by atoms with van der Waals surface area (Å²) in [6.07, 6.45) is 0. The van der Waals surface area contributed by atoms with Gasteiger partial charge in [0.15, 0.2) is 17.5 Å². The van der Waals surface area contributed by atoms with Gasteiger partial charge in [0, 0.05) is 37.3 Å². The first-order valence-electron chi connectivity index (χ1n) is 19.3. The lowest BCUT2D eigenvalue weighted by atomic mass is 9.62. The first-order chi connectivity index (χ1) is 28.3. The molecule has 4 nitrogen and oxygen atoms in total. The lowest BCUT2D eigenvalue weighted by molar-refractivity contribution is 0.690. The maximum atomic E-state index is 4.98. The van der Waals surface area contributed by atoms with Crippen LogP contribution in [0.25, 0.3) is 72.8 Å². The Bertz CT molecular complexity index is 3150. The Labute approximate surface area is 334 Å². The zero-order valence-corrected chi connectivity index (χ0v) is 31.5. The topological polar surface area (TPSA) is 43.6 Å². The van der Waals surface area contributed by atoms with Crippen LogP contribution in [0, 0.1) is 0 Å². The Morgan fingerprint density at radius 3 is 1.63 bits per heavy atom. The van der Waals surface area contributed by atoms with Gasteiger partial charge in [-0.25, -0.2) is 15.0 Å². The summed E-state index contributed by atoms with van der Waals surface area (Å²) in [7, 11) is 0. The van der Waals surface area contributed by atoms with E-state index in [0.717, 1.165) is 22.3 Å². The summed E-state index contributed by atoms with van der Waals surface area (Å²) in [6, 6.07) is 69.8. The maximum Gasteiger partial charge on any atom is 0.164 e. The van der Waals surface area contributed by atoms with E-state index in [0.29, 0.717) is 17.5 Å². The van der Waals surface area contributed by atoms with Crippen molar-refractivity contribution < 1.29 is 0 Å². The molecule has 5 heteroatoms. The molecule has 0 aliphatic carbocycles. The molecule has 2 aliphatic heterocycles. The van der Waals surface area contributed by atoms with Gasteiger partial charge in [0.1, 0.15) is 0 Å². The molecule has 266 valence electrons. The summed E-state index contributed by atoms with van der Waals surface area (Å²) in [4.78, 5) is 17.4. The van der Waals surface area contributed by atoms with Crippen molar-refractivity contribution in [1.29, 1.82) is 0 Å². The second kappa shape index (κ2) is 12.5. The molecule has 0 bridgehead atoms. The van der Waals surface area contributed by atoms with E-state index in [-0.39, 0.29) is 0 Å². The third-order valence-electron chi connectivity index (χ3n) is 11.7. The van der Waals surface area contributed by atoms with Gasteiger partial charge in [-0.15, -0.1) is 0 Å². The third kappa shape index (κ3) is 4.73. The lowest BCUT2D eigenvalue weighted by Gasteiger charge is -2.45. The van der Waals surface area contributed by atoms with Crippen molar-refractivity contribution in [3.05, 3.63) is 216 Å². The molecule has 8 aromatic carbocycles. The van der Waals surface area contributed by atoms with Crippen LogP contribution in [0.4, 0.5) is 0 Å². The van der Waals surface area contributed by atoms with Crippen LogP contribution < -0.4 is 0 Å². The predicted octanol–water partition coefficient (Wildman–Crippen LogP) is 12.8. The van der Waals surface area contributed by atoms with E-state index in [4.69, 9.17) is 15.0 Å². The van der Waals surface area contributed by atoms with Gasteiger partial charge in [-0.05, 0) is 63.7 Å². The quantitative estimate of drug-likeness (QED) is 0.180. The van der Waals surface area contributed by atoms with Gasteiger partial charge in [0.25, 0.3) is 0 Å². The molecular weight excluding hydrogens is 713 g/mol. The van der Waals surface area contributed by atoms with Crippen LogP contribution in [0.5, 0.6) is 0 Å². The van der Waals surface area contributed by atoms with Gasteiger partial charge in [-0.1, -0.05) is 176 Å². The predicted molar refractivity (Wildman–Crippen MR) is 232 cm³/mol. The van der Waals surface area contributed by atoms with Gasteiger partial charge < -0.3 is 4.57 Å². The molecule has 0 radical (unpaired) electrons. The molecule has 0 saturated heterocycles. The van der Waals surface area contributed by atoms with Gasteiger partial charge >= 0.3 is 0 Å². The summed E-state index contributed by atoms with van der Waals surface area (Å²) in [5.74, 6) is 1.96. The SMILES string of the molecule is c1ccc(-c2nc(-c3ccccc3)nc(-c3ccc(-c4ccc5c(c4)C4(c6ccccc6S5)c5ccccc5-n5c6ccccc6c6cccc4c65)cc3)n2)cc1. The number of hydrogen-bond acceptors (Lipinski definition) is 4. The van der Waals surface area contributed by atoms with E-state index in [1.54, 1.807) is 0 Å². The Morgan fingerprint density at radius 2 is 0.895 bits per heavy atom. The molecule has 0 saturated carbocycles. The van der Waals surface area contributed by atoms with Crippen LogP contribution >= 0.6 is 11.8 Å². The fourth-order valence-corrected chi connectivity index (χ4v) is 10.4. The molecule has 12 rings (SSSR count). The first-order valence-corrected chi connectivity index (χ1v) is 20.1. The summed E-state index contributed by atoms with van der Waals surface area (Å²) in [6.45, 7) is 0. The Balaban J connectivity index is 1.05. The molecule has 57 heavy (non-hydrogen) atoms. The Kier molecular flexibility index (Phi) is 7.04. The molecule has 0 fully saturated rings. The van der Waals surface area contributed by atoms with Crippen LogP contribution in [0.2, 0.25) is 0 Å². The average Bonchev–Trinajstić information content (AvgIpc) is 3.63. The molecule has 1 unspecified atom stereocenters. The summed E-state index contributed by atoms with van der Waals surface area (Å²) >= 11 is 1.87. The number of nitrogens with zero attached hydrogens (tertiary/aromatic N) is 4. The summed E-state index contributed by atoms with van der Waals surface area (Å²) in [5.41, 5.74) is 13.6. The van der Waals surface area contributed by atoms with Gasteiger partial charge in [0.05, 0.1) is 22.1 Å². The molecular formula is C52H32N4S. The highest BCUT2D eigenvalue weighted by atomic mass is 32.2. The monoisotopic (exact) mass is 744 g/mol. The van der Waals surface area contributed by atoms with Crippen molar-refractivity contribution in [1.82, 2.24) is 19.5 Å². The lowest BCUT2D eigenvalue weighted by Crippen LogP contribution is -2.37. The largest absolute Gasteiger partial charge is 0.309 e. The minimum absolute atomic E-state index is 0.528. The average molecular weight is 745 g/mol. The van der Waals surface area contributed by atoms with Gasteiger partial charge in [0.2, 0.25) is 0 Å². The van der Waals surface area contributed by atoms with E-state index in [2.05, 4.69) is 138 Å². The van der Waals surface area contributed by atoms with E-state index in [9.17, 15) is 0 Å². The second-order valence-corrected chi connectivity index (χ2v) is 15.8. The number of hydrogen-bond donors (Lipinski definition) is 0. The summed E-state index contributed by atoms with van der Waals surface area (Å²) < 4.78 is 2.50. The zero-order valence-electron chi connectivity index (χ0n) is 30.7. The number of benzene rings is 8. The van der Waals surface area contributed by atoms with Crippen molar-refractivity contribution in [3.63, 3.8) is 0 Å². The Hall–Kier alpha value is -7.08. The van der Waals surface area contributed by atoms with Crippen molar-refractivity contribution >= 4 is 33.6 Å². The van der Waals surface area contributed by atoms with Crippen molar-refractivity contribution in [2.75, 3.05) is 0 Å². The number of aromatic nitrogens is 4. The fraction of sp³-hybridized carbons (Fsp3) is 0.0192. The third-order valence-corrected chi connectivity index (χ3v) is 12.9. The number of fused-ring (bicyclic) bond motifs is 11. The smallest absolute Gasteiger partial charge is 0.164 e. The Morgan fingerprint density at radius 1 is 0.368 bits per heavy atom. The van der Waals surface area contributed by atoms with Crippen LogP contribution in [0.1, 0.15) is 22.3 Å². The molecule has 2 aliphatic rings. The molecule has 1 atom stereocenters. The maximum absolute atomic E-state index is 4.98. The molecule has 1 spiro atoms. The second-order valence-electron chi connectivity index (χ2n) is 14.7. The van der Waals surface area contributed by atoms with Crippen molar-refractivity contribution in [2.45, 2.75) is 15.2 Å². The molecule has 0 N–H and O–H groups in total. The molecule has 4 heterocycles. The highest BCUT2D eigenvalue weighted by Crippen LogP contribution is 2.60.